The molecule has 1 aromatic rings. The molecule has 12 heavy (non-hydrogen) atoms. The van der Waals surface area contributed by atoms with E-state index in [1.807, 2.05) is 0 Å². The van der Waals surface area contributed by atoms with Crippen LogP contribution < -0.4 is 0 Å². The van der Waals surface area contributed by atoms with E-state index < -0.39 is 0 Å². The van der Waals surface area contributed by atoms with Crippen LogP contribution in [0.4, 0.5) is 0 Å². The summed E-state index contributed by atoms with van der Waals surface area (Å²) in [4.78, 5) is 7.44. The fraction of sp³-hybridized carbons (Fsp3) is 0.556. The van der Waals surface area contributed by atoms with Crippen LogP contribution in [0.5, 0.6) is 0 Å². The average molecular weight is 180 g/mol. The van der Waals surface area contributed by atoms with Crippen molar-refractivity contribution in [1.82, 2.24) is 9.97 Å². The minimum absolute atomic E-state index is 0.633. The SMILES string of the molecule is Cc1[nH]c(=S)nc2c1CCCC2. The Balaban J connectivity index is 2.60. The van der Waals surface area contributed by atoms with Gasteiger partial charge in [0.05, 0.1) is 0 Å². The maximum Gasteiger partial charge on any atom is 0.197 e. The zero-order valence-electron chi connectivity index (χ0n) is 7.18. The van der Waals surface area contributed by atoms with Crippen molar-refractivity contribution >= 4 is 12.2 Å². The normalized spacial score (nSPS) is 15.8. The molecule has 1 aliphatic carbocycles. The van der Waals surface area contributed by atoms with Gasteiger partial charge in [-0.05, 0) is 50.4 Å². The van der Waals surface area contributed by atoms with Crippen LogP contribution in [0.2, 0.25) is 0 Å². The Morgan fingerprint density at radius 2 is 2.08 bits per heavy atom. The van der Waals surface area contributed by atoms with E-state index in [-0.39, 0.29) is 0 Å². The molecule has 0 radical (unpaired) electrons. The van der Waals surface area contributed by atoms with Gasteiger partial charge in [0.25, 0.3) is 0 Å². The summed E-state index contributed by atoms with van der Waals surface area (Å²) in [6, 6.07) is 0. The summed E-state index contributed by atoms with van der Waals surface area (Å²) >= 11 is 5.02. The van der Waals surface area contributed by atoms with Gasteiger partial charge in [-0.15, -0.1) is 0 Å². The van der Waals surface area contributed by atoms with Gasteiger partial charge in [-0.3, -0.25) is 0 Å². The third-order valence-corrected chi connectivity index (χ3v) is 2.62. The number of aromatic nitrogens is 2. The van der Waals surface area contributed by atoms with Gasteiger partial charge < -0.3 is 4.98 Å². The molecule has 1 aromatic heterocycles. The van der Waals surface area contributed by atoms with Crippen molar-refractivity contribution in [2.24, 2.45) is 0 Å². The lowest BCUT2D eigenvalue weighted by Crippen LogP contribution is -2.09. The van der Waals surface area contributed by atoms with Gasteiger partial charge in [-0.1, -0.05) is 0 Å². The molecule has 1 N–H and O–H groups in total. The average Bonchev–Trinajstić information content (AvgIpc) is 2.04. The Morgan fingerprint density at radius 3 is 2.92 bits per heavy atom. The minimum Gasteiger partial charge on any atom is -0.335 e. The highest BCUT2D eigenvalue weighted by atomic mass is 32.1. The minimum atomic E-state index is 0.633. The van der Waals surface area contributed by atoms with Crippen LogP contribution in [0.15, 0.2) is 0 Å². The Kier molecular flexibility index (Phi) is 1.97. The second-order valence-electron chi connectivity index (χ2n) is 3.30. The van der Waals surface area contributed by atoms with Crippen molar-refractivity contribution in [3.8, 4) is 0 Å². The summed E-state index contributed by atoms with van der Waals surface area (Å²) in [7, 11) is 0. The molecule has 0 aliphatic heterocycles. The predicted molar refractivity (Wildman–Crippen MR) is 50.8 cm³/mol. The van der Waals surface area contributed by atoms with E-state index in [2.05, 4.69) is 16.9 Å². The molecule has 1 aliphatic rings. The van der Waals surface area contributed by atoms with Crippen LogP contribution in [0, 0.1) is 11.7 Å². The van der Waals surface area contributed by atoms with Gasteiger partial charge in [0.2, 0.25) is 0 Å². The molecular weight excluding hydrogens is 168 g/mol. The summed E-state index contributed by atoms with van der Waals surface area (Å²) in [5.41, 5.74) is 3.84. The third-order valence-electron chi connectivity index (χ3n) is 2.42. The van der Waals surface area contributed by atoms with Gasteiger partial charge >= 0.3 is 0 Å². The van der Waals surface area contributed by atoms with E-state index in [0.29, 0.717) is 4.77 Å². The molecular formula is C9H12N2S. The number of hydrogen-bond acceptors (Lipinski definition) is 2. The highest BCUT2D eigenvalue weighted by Crippen LogP contribution is 2.20. The highest BCUT2D eigenvalue weighted by Gasteiger charge is 2.12. The van der Waals surface area contributed by atoms with E-state index in [1.165, 1.54) is 36.2 Å². The van der Waals surface area contributed by atoms with Crippen molar-refractivity contribution in [1.29, 1.82) is 0 Å². The van der Waals surface area contributed by atoms with Crippen LogP contribution in [-0.4, -0.2) is 9.97 Å². The van der Waals surface area contributed by atoms with E-state index in [4.69, 9.17) is 12.2 Å². The second-order valence-corrected chi connectivity index (χ2v) is 3.69. The lowest BCUT2D eigenvalue weighted by molar-refractivity contribution is 0.654. The summed E-state index contributed by atoms with van der Waals surface area (Å²) in [5.74, 6) is 0. The first-order valence-corrected chi connectivity index (χ1v) is 4.77. The van der Waals surface area contributed by atoms with Crippen LogP contribution in [0.3, 0.4) is 0 Å². The monoisotopic (exact) mass is 180 g/mol. The number of fused-ring (bicyclic) bond motifs is 1. The molecule has 0 saturated carbocycles. The first kappa shape index (κ1) is 7.92. The number of rotatable bonds is 0. The van der Waals surface area contributed by atoms with Crippen molar-refractivity contribution < 1.29 is 0 Å². The standard InChI is InChI=1S/C9H12N2S/c1-6-7-4-2-3-5-8(7)11-9(12)10-6/h2-5H2,1H3,(H,10,11,12). The lowest BCUT2D eigenvalue weighted by Gasteiger charge is -2.15. The molecule has 0 bridgehead atoms. The summed E-state index contributed by atoms with van der Waals surface area (Å²) in [5, 5.41) is 0. The molecule has 0 spiro atoms. The fourth-order valence-corrected chi connectivity index (χ4v) is 2.07. The topological polar surface area (TPSA) is 28.7 Å². The smallest absolute Gasteiger partial charge is 0.197 e. The third kappa shape index (κ3) is 1.29. The van der Waals surface area contributed by atoms with Gasteiger partial charge in [-0.2, -0.15) is 0 Å². The van der Waals surface area contributed by atoms with Gasteiger partial charge in [0.15, 0.2) is 4.77 Å². The second kappa shape index (κ2) is 2.98. The van der Waals surface area contributed by atoms with Gasteiger partial charge in [-0.25, -0.2) is 4.98 Å². The molecule has 2 nitrogen and oxygen atoms in total. The quantitative estimate of drug-likeness (QED) is 0.621. The zero-order chi connectivity index (χ0) is 8.55. The largest absolute Gasteiger partial charge is 0.335 e. The Morgan fingerprint density at radius 1 is 1.33 bits per heavy atom. The van der Waals surface area contributed by atoms with E-state index in [0.717, 1.165) is 6.42 Å². The molecule has 64 valence electrons. The van der Waals surface area contributed by atoms with Crippen LogP contribution in [0.1, 0.15) is 29.8 Å². The molecule has 0 fully saturated rings. The number of hydrogen-bond donors (Lipinski definition) is 1. The molecule has 0 unspecified atom stereocenters. The molecule has 0 saturated heterocycles. The highest BCUT2D eigenvalue weighted by molar-refractivity contribution is 7.71. The zero-order valence-corrected chi connectivity index (χ0v) is 8.00. The van der Waals surface area contributed by atoms with Crippen LogP contribution in [0.25, 0.3) is 0 Å². The molecule has 0 aromatic carbocycles. The Labute approximate surface area is 77.0 Å². The molecule has 1 heterocycles. The van der Waals surface area contributed by atoms with Crippen molar-refractivity contribution in [3.63, 3.8) is 0 Å². The molecule has 0 amide bonds. The summed E-state index contributed by atoms with van der Waals surface area (Å²) in [6.45, 7) is 2.08. The molecule has 0 atom stereocenters. The Hall–Kier alpha value is -0.700. The lowest BCUT2D eigenvalue weighted by atomic mass is 9.95. The van der Waals surface area contributed by atoms with E-state index in [9.17, 15) is 0 Å². The number of nitrogens with zero attached hydrogens (tertiary/aromatic N) is 1. The maximum absolute atomic E-state index is 5.02. The molecule has 2 rings (SSSR count). The van der Waals surface area contributed by atoms with E-state index >= 15 is 0 Å². The predicted octanol–water partition coefficient (Wildman–Crippen LogP) is 2.33. The van der Waals surface area contributed by atoms with Gasteiger partial charge in [0.1, 0.15) is 0 Å². The first-order chi connectivity index (χ1) is 5.77. The number of aromatic amines is 1. The van der Waals surface area contributed by atoms with E-state index in [1.54, 1.807) is 0 Å². The van der Waals surface area contributed by atoms with Crippen molar-refractivity contribution in [3.05, 3.63) is 21.7 Å². The number of aryl methyl sites for hydroxylation is 2. The van der Waals surface area contributed by atoms with Crippen LogP contribution >= 0.6 is 12.2 Å². The van der Waals surface area contributed by atoms with Crippen molar-refractivity contribution in [2.45, 2.75) is 32.6 Å². The number of H-pyrrole nitrogens is 1. The van der Waals surface area contributed by atoms with Gasteiger partial charge in [0, 0.05) is 11.4 Å². The number of nitrogens with one attached hydrogen (secondary N) is 1. The Bertz CT molecular complexity index is 354. The molecule has 3 heteroatoms. The first-order valence-electron chi connectivity index (χ1n) is 4.36. The van der Waals surface area contributed by atoms with Crippen LogP contribution in [-0.2, 0) is 12.8 Å². The fourth-order valence-electron chi connectivity index (χ4n) is 1.80. The summed E-state index contributed by atoms with van der Waals surface area (Å²) < 4.78 is 0.633. The van der Waals surface area contributed by atoms with Crippen molar-refractivity contribution in [2.75, 3.05) is 0 Å². The maximum atomic E-state index is 5.02. The summed E-state index contributed by atoms with van der Waals surface area (Å²) in [6.07, 6.45) is 4.83.